The van der Waals surface area contributed by atoms with E-state index in [2.05, 4.69) is 17.3 Å². The van der Waals surface area contributed by atoms with Gasteiger partial charge in [-0.2, -0.15) is 0 Å². The number of hydrogen-bond donors (Lipinski definition) is 1. The number of nitrogens with zero attached hydrogens (tertiary/aromatic N) is 2. The number of carbonyl (C=O) groups is 1. The van der Waals surface area contributed by atoms with Crippen molar-refractivity contribution in [3.8, 4) is 5.75 Å². The second-order valence-corrected chi connectivity index (χ2v) is 7.88. The van der Waals surface area contributed by atoms with Crippen LogP contribution in [0.3, 0.4) is 0 Å². The second-order valence-electron chi connectivity index (χ2n) is 7.88. The van der Waals surface area contributed by atoms with Gasteiger partial charge in [-0.15, -0.1) is 0 Å². The van der Waals surface area contributed by atoms with Gasteiger partial charge in [0.1, 0.15) is 5.82 Å². The fourth-order valence-corrected chi connectivity index (χ4v) is 3.70. The highest BCUT2D eigenvalue weighted by Gasteiger charge is 2.23. The summed E-state index contributed by atoms with van der Waals surface area (Å²) in [6, 6.07) is 10.6. The number of urea groups is 1. The predicted molar refractivity (Wildman–Crippen MR) is 112 cm³/mol. The molecule has 2 aromatic rings. The molecule has 0 spiro atoms. The van der Waals surface area contributed by atoms with Crippen molar-refractivity contribution in [2.75, 3.05) is 33.8 Å². The first-order chi connectivity index (χ1) is 14.4. The first-order valence-corrected chi connectivity index (χ1v) is 10.2. The van der Waals surface area contributed by atoms with Gasteiger partial charge in [-0.05, 0) is 74.3 Å². The molecule has 0 bridgehead atoms. The van der Waals surface area contributed by atoms with E-state index in [-0.39, 0.29) is 24.1 Å². The quantitative estimate of drug-likeness (QED) is 0.740. The Kier molecular flexibility index (Phi) is 7.63. The molecule has 0 saturated carbocycles. The average molecular weight is 418 g/mol. The second kappa shape index (κ2) is 10.4. The maximum atomic E-state index is 13.9. The Hall–Kier alpha value is -2.67. The third-order valence-electron chi connectivity index (χ3n) is 5.55. The smallest absolute Gasteiger partial charge is 0.317 e. The Bertz CT molecular complexity index is 837. The van der Waals surface area contributed by atoms with E-state index in [0.29, 0.717) is 24.6 Å². The molecule has 5 nitrogen and oxygen atoms in total. The first-order valence-electron chi connectivity index (χ1n) is 10.2. The van der Waals surface area contributed by atoms with Crippen LogP contribution in [0.25, 0.3) is 0 Å². The zero-order valence-electron chi connectivity index (χ0n) is 17.5. The Balaban J connectivity index is 1.65. The summed E-state index contributed by atoms with van der Waals surface area (Å²) in [4.78, 5) is 17.0. The van der Waals surface area contributed by atoms with Gasteiger partial charge in [-0.1, -0.05) is 18.2 Å². The number of benzene rings is 2. The van der Waals surface area contributed by atoms with Crippen LogP contribution in [0.15, 0.2) is 42.5 Å². The SMILES string of the molecule is COc1ccc(CNC(=O)N(Cc2ccc(F)cc2)CC2CCN(C)CC2)cc1F. The summed E-state index contributed by atoms with van der Waals surface area (Å²) >= 11 is 0. The summed E-state index contributed by atoms with van der Waals surface area (Å²) in [5.41, 5.74) is 1.53. The van der Waals surface area contributed by atoms with Crippen LogP contribution in [0, 0.1) is 17.6 Å². The van der Waals surface area contributed by atoms with Gasteiger partial charge >= 0.3 is 6.03 Å². The van der Waals surface area contributed by atoms with E-state index in [0.717, 1.165) is 31.5 Å². The van der Waals surface area contributed by atoms with Gasteiger partial charge in [-0.25, -0.2) is 13.6 Å². The number of halogens is 2. The molecule has 1 aliphatic heterocycles. The van der Waals surface area contributed by atoms with Crippen LogP contribution < -0.4 is 10.1 Å². The fraction of sp³-hybridized carbons (Fsp3) is 0.435. The third kappa shape index (κ3) is 6.16. The highest BCUT2D eigenvalue weighted by molar-refractivity contribution is 5.74. The van der Waals surface area contributed by atoms with E-state index in [9.17, 15) is 13.6 Å². The number of likely N-dealkylation sites (tertiary alicyclic amines) is 1. The van der Waals surface area contributed by atoms with Crippen molar-refractivity contribution in [3.05, 3.63) is 65.2 Å². The summed E-state index contributed by atoms with van der Waals surface area (Å²) in [6.07, 6.45) is 2.07. The van der Waals surface area contributed by atoms with Crippen molar-refractivity contribution in [2.45, 2.75) is 25.9 Å². The number of hydrogen-bond acceptors (Lipinski definition) is 3. The molecule has 2 aromatic carbocycles. The van der Waals surface area contributed by atoms with Gasteiger partial charge in [0.2, 0.25) is 0 Å². The molecular weight excluding hydrogens is 388 g/mol. The van der Waals surface area contributed by atoms with E-state index in [1.807, 2.05) is 0 Å². The molecule has 0 radical (unpaired) electrons. The number of nitrogens with one attached hydrogen (secondary N) is 1. The average Bonchev–Trinajstić information content (AvgIpc) is 2.74. The van der Waals surface area contributed by atoms with Crippen molar-refractivity contribution in [1.82, 2.24) is 15.1 Å². The molecule has 1 N–H and O–H groups in total. The van der Waals surface area contributed by atoms with Crippen LogP contribution >= 0.6 is 0 Å². The third-order valence-corrected chi connectivity index (χ3v) is 5.55. The van der Waals surface area contributed by atoms with E-state index in [4.69, 9.17) is 4.74 Å². The molecule has 3 rings (SSSR count). The van der Waals surface area contributed by atoms with E-state index >= 15 is 0 Å². The molecule has 7 heteroatoms. The number of methoxy groups -OCH3 is 1. The zero-order chi connectivity index (χ0) is 21.5. The largest absolute Gasteiger partial charge is 0.494 e. The topological polar surface area (TPSA) is 44.8 Å². The van der Waals surface area contributed by atoms with Gasteiger partial charge in [0, 0.05) is 19.6 Å². The molecular formula is C23H29F2N3O2. The number of ether oxygens (including phenoxy) is 1. The summed E-state index contributed by atoms with van der Waals surface area (Å²) in [5, 5.41) is 2.89. The highest BCUT2D eigenvalue weighted by Crippen LogP contribution is 2.20. The van der Waals surface area contributed by atoms with E-state index in [1.165, 1.54) is 25.3 Å². The molecule has 1 fully saturated rings. The zero-order valence-corrected chi connectivity index (χ0v) is 17.5. The molecule has 1 heterocycles. The van der Waals surface area contributed by atoms with Crippen LogP contribution in [0.4, 0.5) is 13.6 Å². The maximum Gasteiger partial charge on any atom is 0.317 e. The van der Waals surface area contributed by atoms with E-state index < -0.39 is 5.82 Å². The van der Waals surface area contributed by atoms with Crippen LogP contribution in [0.1, 0.15) is 24.0 Å². The molecule has 162 valence electrons. The lowest BCUT2D eigenvalue weighted by Gasteiger charge is -2.33. The summed E-state index contributed by atoms with van der Waals surface area (Å²) in [7, 11) is 3.52. The lowest BCUT2D eigenvalue weighted by molar-refractivity contribution is 0.155. The maximum absolute atomic E-state index is 13.9. The number of piperidine rings is 1. The summed E-state index contributed by atoms with van der Waals surface area (Å²) in [6.45, 7) is 3.28. The molecule has 0 atom stereocenters. The van der Waals surface area contributed by atoms with Crippen molar-refractivity contribution < 1.29 is 18.3 Å². The number of rotatable bonds is 7. The van der Waals surface area contributed by atoms with Crippen LogP contribution in [-0.4, -0.2) is 49.6 Å². The minimum absolute atomic E-state index is 0.172. The minimum atomic E-state index is -0.459. The Labute approximate surface area is 176 Å². The van der Waals surface area contributed by atoms with Crippen molar-refractivity contribution in [3.63, 3.8) is 0 Å². The summed E-state index contributed by atoms with van der Waals surface area (Å²) < 4.78 is 32.1. The van der Waals surface area contributed by atoms with Crippen LogP contribution in [-0.2, 0) is 13.1 Å². The normalized spacial score (nSPS) is 15.1. The number of amides is 2. The molecule has 30 heavy (non-hydrogen) atoms. The van der Waals surface area contributed by atoms with Gasteiger partial charge in [-0.3, -0.25) is 0 Å². The van der Waals surface area contributed by atoms with Gasteiger partial charge < -0.3 is 19.9 Å². The van der Waals surface area contributed by atoms with Crippen LogP contribution in [0.2, 0.25) is 0 Å². The Morgan fingerprint density at radius 2 is 1.80 bits per heavy atom. The monoisotopic (exact) mass is 417 g/mol. The van der Waals surface area contributed by atoms with Gasteiger partial charge in [0.15, 0.2) is 11.6 Å². The van der Waals surface area contributed by atoms with Crippen molar-refractivity contribution in [1.29, 1.82) is 0 Å². The Morgan fingerprint density at radius 1 is 1.13 bits per heavy atom. The standard InChI is InChI=1S/C23H29F2N3O2/c1-27-11-9-18(10-12-27)16-28(15-17-3-6-20(24)7-4-17)23(29)26-14-19-5-8-22(30-2)21(25)13-19/h3-8,13,18H,9-12,14-16H2,1-2H3,(H,26,29). The van der Waals surface area contributed by atoms with Crippen LogP contribution in [0.5, 0.6) is 5.75 Å². The molecule has 1 saturated heterocycles. The molecule has 0 aliphatic carbocycles. The molecule has 1 aliphatic rings. The molecule has 0 aromatic heterocycles. The Morgan fingerprint density at radius 3 is 2.43 bits per heavy atom. The van der Waals surface area contributed by atoms with Crippen molar-refractivity contribution >= 4 is 6.03 Å². The van der Waals surface area contributed by atoms with Crippen molar-refractivity contribution in [2.24, 2.45) is 5.92 Å². The minimum Gasteiger partial charge on any atom is -0.494 e. The highest BCUT2D eigenvalue weighted by atomic mass is 19.1. The lowest BCUT2D eigenvalue weighted by Crippen LogP contribution is -2.44. The predicted octanol–water partition coefficient (Wildman–Crippen LogP) is 4.03. The summed E-state index contributed by atoms with van der Waals surface area (Å²) in [5.74, 6) is -0.165. The van der Waals surface area contributed by atoms with E-state index in [1.54, 1.807) is 29.2 Å². The first kappa shape index (κ1) is 22.0. The number of carbonyl (C=O) groups excluding carboxylic acids is 1. The fourth-order valence-electron chi connectivity index (χ4n) is 3.70. The van der Waals surface area contributed by atoms with Gasteiger partial charge in [0.05, 0.1) is 7.11 Å². The van der Waals surface area contributed by atoms with Gasteiger partial charge in [0.25, 0.3) is 0 Å². The lowest BCUT2D eigenvalue weighted by atomic mass is 9.96. The molecule has 0 unspecified atom stereocenters. The molecule has 2 amide bonds.